The molecule has 0 radical (unpaired) electrons. The zero-order chi connectivity index (χ0) is 14.5. The molecule has 3 rings (SSSR count). The summed E-state index contributed by atoms with van der Waals surface area (Å²) < 4.78 is 5.84. The van der Waals surface area contributed by atoms with Crippen molar-refractivity contribution in [3.05, 3.63) is 51.7 Å². The smallest absolute Gasteiger partial charge is 0.119 e. The van der Waals surface area contributed by atoms with Gasteiger partial charge in [0.05, 0.1) is 0 Å². The number of rotatable bonds is 6. The van der Waals surface area contributed by atoms with Gasteiger partial charge in [-0.1, -0.05) is 12.1 Å². The standard InChI is InChI=1S/C17H22N2OS/c18-8-5-14-1-3-16(4-2-14)20-11-10-19-9-6-17-15(13-19)7-12-21-17/h1-4,7,12H,5-6,8-11,13,18H2. The average Bonchev–Trinajstić information content (AvgIpc) is 2.97. The monoisotopic (exact) mass is 302 g/mol. The van der Waals surface area contributed by atoms with Crippen LogP contribution in [0.3, 0.4) is 0 Å². The summed E-state index contributed by atoms with van der Waals surface area (Å²) >= 11 is 1.89. The largest absolute Gasteiger partial charge is 0.492 e. The minimum atomic E-state index is 0.694. The van der Waals surface area contributed by atoms with E-state index in [2.05, 4.69) is 28.5 Å². The summed E-state index contributed by atoms with van der Waals surface area (Å²) in [5, 5.41) is 2.20. The van der Waals surface area contributed by atoms with Crippen LogP contribution in [-0.4, -0.2) is 31.1 Å². The molecule has 0 amide bonds. The fourth-order valence-electron chi connectivity index (χ4n) is 2.71. The van der Waals surface area contributed by atoms with Crippen LogP contribution in [-0.2, 0) is 19.4 Å². The van der Waals surface area contributed by atoms with E-state index in [0.29, 0.717) is 6.54 Å². The molecule has 0 fully saturated rings. The highest BCUT2D eigenvalue weighted by atomic mass is 32.1. The van der Waals surface area contributed by atoms with Crippen molar-refractivity contribution in [2.45, 2.75) is 19.4 Å². The van der Waals surface area contributed by atoms with Crippen molar-refractivity contribution in [3.8, 4) is 5.75 Å². The van der Waals surface area contributed by atoms with Crippen LogP contribution >= 0.6 is 11.3 Å². The number of thiophene rings is 1. The van der Waals surface area contributed by atoms with Crippen LogP contribution < -0.4 is 10.5 Å². The second kappa shape index (κ2) is 7.07. The van der Waals surface area contributed by atoms with Crippen molar-refractivity contribution in [2.24, 2.45) is 5.73 Å². The molecule has 0 bridgehead atoms. The molecule has 0 unspecified atom stereocenters. The van der Waals surface area contributed by atoms with Crippen molar-refractivity contribution in [1.82, 2.24) is 4.90 Å². The van der Waals surface area contributed by atoms with Crippen LogP contribution in [0.1, 0.15) is 16.0 Å². The molecular formula is C17H22N2OS. The topological polar surface area (TPSA) is 38.5 Å². The zero-order valence-electron chi connectivity index (χ0n) is 12.3. The van der Waals surface area contributed by atoms with Crippen LogP contribution in [0.25, 0.3) is 0 Å². The van der Waals surface area contributed by atoms with Gasteiger partial charge in [0.15, 0.2) is 0 Å². The first-order chi connectivity index (χ1) is 10.3. The molecule has 0 saturated carbocycles. The molecule has 2 aromatic rings. The van der Waals surface area contributed by atoms with Crippen LogP contribution in [0, 0.1) is 0 Å². The van der Waals surface area contributed by atoms with Gasteiger partial charge in [-0.3, -0.25) is 4.90 Å². The van der Waals surface area contributed by atoms with Gasteiger partial charge in [0, 0.05) is 24.5 Å². The predicted octanol–water partition coefficient (Wildman–Crippen LogP) is 2.69. The third-order valence-corrected chi connectivity index (χ3v) is 4.94. The molecule has 2 N–H and O–H groups in total. The lowest BCUT2D eigenvalue weighted by Gasteiger charge is -2.26. The van der Waals surface area contributed by atoms with Crippen LogP contribution in [0.15, 0.2) is 35.7 Å². The number of nitrogens with two attached hydrogens (primary N) is 1. The number of benzene rings is 1. The van der Waals surface area contributed by atoms with E-state index < -0.39 is 0 Å². The summed E-state index contributed by atoms with van der Waals surface area (Å²) in [4.78, 5) is 4.03. The lowest BCUT2D eigenvalue weighted by molar-refractivity contribution is 0.197. The maximum absolute atomic E-state index is 5.84. The normalized spacial score (nSPS) is 14.9. The molecule has 0 atom stereocenters. The number of hydrogen-bond acceptors (Lipinski definition) is 4. The predicted molar refractivity (Wildman–Crippen MR) is 88.0 cm³/mol. The van der Waals surface area contributed by atoms with E-state index in [4.69, 9.17) is 10.5 Å². The third-order valence-electron chi connectivity index (χ3n) is 3.92. The van der Waals surface area contributed by atoms with E-state index in [1.807, 2.05) is 23.5 Å². The molecule has 4 heteroatoms. The fourth-order valence-corrected chi connectivity index (χ4v) is 3.60. The minimum absolute atomic E-state index is 0.694. The number of hydrogen-bond donors (Lipinski definition) is 1. The van der Waals surface area contributed by atoms with E-state index in [1.165, 1.54) is 17.5 Å². The Balaban J connectivity index is 1.44. The van der Waals surface area contributed by atoms with Gasteiger partial charge in [-0.2, -0.15) is 0 Å². The van der Waals surface area contributed by atoms with Crippen molar-refractivity contribution in [2.75, 3.05) is 26.2 Å². The van der Waals surface area contributed by atoms with Gasteiger partial charge in [-0.25, -0.2) is 0 Å². The maximum Gasteiger partial charge on any atom is 0.119 e. The van der Waals surface area contributed by atoms with E-state index in [-0.39, 0.29) is 0 Å². The molecule has 0 spiro atoms. The van der Waals surface area contributed by atoms with Gasteiger partial charge in [0.1, 0.15) is 12.4 Å². The van der Waals surface area contributed by atoms with Crippen LogP contribution in [0.2, 0.25) is 0 Å². The Labute approximate surface area is 130 Å². The van der Waals surface area contributed by atoms with E-state index >= 15 is 0 Å². The average molecular weight is 302 g/mol. The summed E-state index contributed by atoms with van der Waals surface area (Å²) in [5.74, 6) is 0.948. The molecule has 0 aliphatic carbocycles. The SMILES string of the molecule is NCCc1ccc(OCCN2CCc3sccc3C2)cc1. The van der Waals surface area contributed by atoms with Gasteiger partial charge < -0.3 is 10.5 Å². The highest BCUT2D eigenvalue weighted by molar-refractivity contribution is 7.10. The first-order valence-corrected chi connectivity index (χ1v) is 8.42. The van der Waals surface area contributed by atoms with Gasteiger partial charge in [0.2, 0.25) is 0 Å². The van der Waals surface area contributed by atoms with E-state index in [1.54, 1.807) is 4.88 Å². The van der Waals surface area contributed by atoms with E-state index in [0.717, 1.165) is 38.4 Å². The van der Waals surface area contributed by atoms with Gasteiger partial charge in [0.25, 0.3) is 0 Å². The summed E-state index contributed by atoms with van der Waals surface area (Å²) in [6.07, 6.45) is 2.11. The molecular weight excluding hydrogens is 280 g/mol. The summed E-state index contributed by atoms with van der Waals surface area (Å²) in [7, 11) is 0. The van der Waals surface area contributed by atoms with Gasteiger partial charge in [-0.15, -0.1) is 11.3 Å². The third kappa shape index (κ3) is 3.84. The first kappa shape index (κ1) is 14.6. The molecule has 2 heterocycles. The Hall–Kier alpha value is -1.36. The Kier molecular flexibility index (Phi) is 4.91. The molecule has 21 heavy (non-hydrogen) atoms. The molecule has 0 saturated heterocycles. The van der Waals surface area contributed by atoms with E-state index in [9.17, 15) is 0 Å². The first-order valence-electron chi connectivity index (χ1n) is 7.54. The highest BCUT2D eigenvalue weighted by Gasteiger charge is 2.16. The Morgan fingerprint density at radius 2 is 2.05 bits per heavy atom. The molecule has 112 valence electrons. The number of nitrogens with zero attached hydrogens (tertiary/aromatic N) is 1. The fraction of sp³-hybridized carbons (Fsp3) is 0.412. The summed E-state index contributed by atoms with van der Waals surface area (Å²) in [6.45, 7) is 4.64. The molecule has 1 aromatic heterocycles. The number of fused-ring (bicyclic) bond motifs is 1. The molecule has 1 aliphatic rings. The Morgan fingerprint density at radius 3 is 2.86 bits per heavy atom. The minimum Gasteiger partial charge on any atom is -0.492 e. The van der Waals surface area contributed by atoms with Crippen molar-refractivity contribution >= 4 is 11.3 Å². The summed E-state index contributed by atoms with van der Waals surface area (Å²) in [6, 6.07) is 10.5. The number of ether oxygens (including phenoxy) is 1. The summed E-state index contributed by atoms with van der Waals surface area (Å²) in [5.41, 5.74) is 8.32. The van der Waals surface area contributed by atoms with Gasteiger partial charge >= 0.3 is 0 Å². The van der Waals surface area contributed by atoms with Crippen LogP contribution in [0.5, 0.6) is 5.75 Å². The second-order valence-electron chi connectivity index (χ2n) is 5.43. The van der Waals surface area contributed by atoms with Crippen molar-refractivity contribution in [3.63, 3.8) is 0 Å². The highest BCUT2D eigenvalue weighted by Crippen LogP contribution is 2.23. The maximum atomic E-state index is 5.84. The Bertz CT molecular complexity index is 564. The van der Waals surface area contributed by atoms with Gasteiger partial charge in [-0.05, 0) is 54.1 Å². The second-order valence-corrected chi connectivity index (χ2v) is 6.43. The molecule has 1 aliphatic heterocycles. The van der Waals surface area contributed by atoms with Crippen molar-refractivity contribution < 1.29 is 4.74 Å². The Morgan fingerprint density at radius 1 is 1.19 bits per heavy atom. The van der Waals surface area contributed by atoms with Crippen LogP contribution in [0.4, 0.5) is 0 Å². The molecule has 3 nitrogen and oxygen atoms in total. The zero-order valence-corrected chi connectivity index (χ0v) is 13.1. The van der Waals surface area contributed by atoms with Crippen molar-refractivity contribution in [1.29, 1.82) is 0 Å². The quantitative estimate of drug-likeness (QED) is 0.891. The molecule has 1 aromatic carbocycles. The lowest BCUT2D eigenvalue weighted by Crippen LogP contribution is -2.33. The lowest BCUT2D eigenvalue weighted by atomic mass is 10.1.